The smallest absolute Gasteiger partial charge is 0.221 e. The summed E-state index contributed by atoms with van der Waals surface area (Å²) in [5.74, 6) is 0.157. The van der Waals surface area contributed by atoms with Gasteiger partial charge in [0.25, 0.3) is 0 Å². The van der Waals surface area contributed by atoms with Crippen LogP contribution in [0.3, 0.4) is 0 Å². The van der Waals surface area contributed by atoms with E-state index in [0.717, 1.165) is 30.1 Å². The summed E-state index contributed by atoms with van der Waals surface area (Å²) in [6, 6.07) is 0.459. The Morgan fingerprint density at radius 1 is 1.47 bits per heavy atom. The quantitative estimate of drug-likeness (QED) is 0.786. The van der Waals surface area contributed by atoms with E-state index in [9.17, 15) is 4.79 Å². The van der Waals surface area contributed by atoms with Gasteiger partial charge in [-0.2, -0.15) is 0 Å². The molecule has 0 atom stereocenters. The molecule has 1 aliphatic rings. The molecule has 1 heterocycles. The van der Waals surface area contributed by atoms with Gasteiger partial charge in [0.1, 0.15) is 5.01 Å². The zero-order valence-corrected chi connectivity index (χ0v) is 12.8. The van der Waals surface area contributed by atoms with E-state index in [1.165, 1.54) is 0 Å². The van der Waals surface area contributed by atoms with Crippen LogP contribution in [0.15, 0.2) is 5.38 Å². The molecule has 19 heavy (non-hydrogen) atoms. The van der Waals surface area contributed by atoms with E-state index in [1.807, 2.05) is 0 Å². The molecule has 2 rings (SSSR count). The van der Waals surface area contributed by atoms with Crippen LogP contribution in [0.2, 0.25) is 0 Å². The van der Waals surface area contributed by atoms with Crippen LogP contribution < -0.4 is 10.6 Å². The minimum atomic E-state index is 0.110. The fourth-order valence-corrected chi connectivity index (χ4v) is 2.65. The highest BCUT2D eigenvalue weighted by molar-refractivity contribution is 7.09. The first-order valence-electron chi connectivity index (χ1n) is 6.90. The molecule has 0 aromatic carbocycles. The Bertz CT molecular complexity index is 432. The highest BCUT2D eigenvalue weighted by Gasteiger charge is 2.22. The molecule has 1 fully saturated rings. The highest BCUT2D eigenvalue weighted by atomic mass is 32.1. The fourth-order valence-electron chi connectivity index (χ4n) is 1.66. The zero-order chi connectivity index (χ0) is 13.9. The highest BCUT2D eigenvalue weighted by Crippen LogP contribution is 2.23. The number of hydrogen-bond donors (Lipinski definition) is 2. The predicted molar refractivity (Wildman–Crippen MR) is 78.3 cm³/mol. The molecule has 2 N–H and O–H groups in total. The van der Waals surface area contributed by atoms with Crippen molar-refractivity contribution in [3.05, 3.63) is 16.1 Å². The molecule has 1 amide bonds. The van der Waals surface area contributed by atoms with Crippen molar-refractivity contribution in [1.82, 2.24) is 15.6 Å². The molecule has 0 saturated heterocycles. The van der Waals surface area contributed by atoms with Gasteiger partial charge in [-0.3, -0.25) is 4.79 Å². The van der Waals surface area contributed by atoms with Crippen LogP contribution in [0.25, 0.3) is 0 Å². The monoisotopic (exact) mass is 281 g/mol. The number of nitrogens with zero attached hydrogens (tertiary/aromatic N) is 1. The maximum atomic E-state index is 11.5. The summed E-state index contributed by atoms with van der Waals surface area (Å²) < 4.78 is 0. The molecule has 1 aliphatic carbocycles. The van der Waals surface area contributed by atoms with Crippen molar-refractivity contribution in [2.24, 2.45) is 0 Å². The number of thiazole rings is 1. The summed E-state index contributed by atoms with van der Waals surface area (Å²) in [4.78, 5) is 16.1. The largest absolute Gasteiger partial charge is 0.353 e. The topological polar surface area (TPSA) is 54.0 Å². The number of carbonyl (C=O) groups excluding carboxylic acids is 1. The standard InChI is InChI=1S/C14H23N3OS/c1-14(2,3)11-9-19-13(17-11)8-15-7-6-12(18)16-10-4-5-10/h9-10,15H,4-8H2,1-3H3,(H,16,18). The second-order valence-electron chi connectivity index (χ2n) is 6.15. The molecule has 0 bridgehead atoms. The van der Waals surface area contributed by atoms with Gasteiger partial charge in [-0.1, -0.05) is 20.8 Å². The first kappa shape index (κ1) is 14.5. The summed E-state index contributed by atoms with van der Waals surface area (Å²) in [7, 11) is 0. The minimum absolute atomic E-state index is 0.110. The van der Waals surface area contributed by atoms with E-state index < -0.39 is 0 Å². The molecule has 106 valence electrons. The normalized spacial score (nSPS) is 15.5. The molecule has 0 unspecified atom stereocenters. The zero-order valence-electron chi connectivity index (χ0n) is 12.0. The van der Waals surface area contributed by atoms with Crippen molar-refractivity contribution < 1.29 is 4.79 Å². The second kappa shape index (κ2) is 6.01. The van der Waals surface area contributed by atoms with Crippen LogP contribution in [-0.2, 0) is 16.8 Å². The first-order valence-corrected chi connectivity index (χ1v) is 7.78. The van der Waals surface area contributed by atoms with Crippen molar-refractivity contribution >= 4 is 17.2 Å². The number of amides is 1. The summed E-state index contributed by atoms with van der Waals surface area (Å²) in [6.45, 7) is 7.96. The third-order valence-corrected chi connectivity index (χ3v) is 3.92. The van der Waals surface area contributed by atoms with Gasteiger partial charge in [0.05, 0.1) is 5.69 Å². The lowest BCUT2D eigenvalue weighted by molar-refractivity contribution is -0.121. The van der Waals surface area contributed by atoms with E-state index >= 15 is 0 Å². The van der Waals surface area contributed by atoms with E-state index in [2.05, 4.69) is 41.8 Å². The van der Waals surface area contributed by atoms with Gasteiger partial charge < -0.3 is 10.6 Å². The van der Waals surface area contributed by atoms with Gasteiger partial charge in [0.15, 0.2) is 0 Å². The lowest BCUT2D eigenvalue weighted by Crippen LogP contribution is -2.29. The minimum Gasteiger partial charge on any atom is -0.353 e. The third kappa shape index (κ3) is 4.91. The number of carbonyl (C=O) groups is 1. The lowest BCUT2D eigenvalue weighted by atomic mass is 9.93. The first-order chi connectivity index (χ1) is 8.95. The van der Waals surface area contributed by atoms with Crippen molar-refractivity contribution in [1.29, 1.82) is 0 Å². The maximum Gasteiger partial charge on any atom is 0.221 e. The third-order valence-electron chi connectivity index (χ3n) is 3.07. The van der Waals surface area contributed by atoms with Crippen molar-refractivity contribution in [3.63, 3.8) is 0 Å². The fraction of sp³-hybridized carbons (Fsp3) is 0.714. The Balaban J connectivity index is 1.65. The maximum absolute atomic E-state index is 11.5. The molecule has 0 radical (unpaired) electrons. The SMILES string of the molecule is CC(C)(C)c1csc(CNCCC(=O)NC2CC2)n1. The van der Waals surface area contributed by atoms with Gasteiger partial charge in [-0.25, -0.2) is 4.98 Å². The Kier molecular flexibility index (Phi) is 4.58. The Morgan fingerprint density at radius 2 is 2.21 bits per heavy atom. The Morgan fingerprint density at radius 3 is 2.79 bits per heavy atom. The molecule has 0 spiro atoms. The molecule has 0 aliphatic heterocycles. The Labute approximate surface area is 119 Å². The molecule has 4 nitrogen and oxygen atoms in total. The summed E-state index contributed by atoms with van der Waals surface area (Å²) in [6.07, 6.45) is 2.84. The van der Waals surface area contributed by atoms with Crippen LogP contribution in [0.4, 0.5) is 0 Å². The summed E-state index contributed by atoms with van der Waals surface area (Å²) >= 11 is 1.68. The van der Waals surface area contributed by atoms with E-state index in [-0.39, 0.29) is 11.3 Å². The van der Waals surface area contributed by atoms with Crippen LogP contribution in [0, 0.1) is 0 Å². The second-order valence-corrected chi connectivity index (χ2v) is 7.09. The van der Waals surface area contributed by atoms with Crippen LogP contribution in [-0.4, -0.2) is 23.5 Å². The number of hydrogen-bond acceptors (Lipinski definition) is 4. The van der Waals surface area contributed by atoms with E-state index in [1.54, 1.807) is 11.3 Å². The predicted octanol–water partition coefficient (Wildman–Crippen LogP) is 2.20. The molecule has 1 aromatic rings. The molecule has 5 heteroatoms. The average molecular weight is 281 g/mol. The molecule has 1 aromatic heterocycles. The van der Waals surface area contributed by atoms with E-state index in [4.69, 9.17) is 0 Å². The van der Waals surface area contributed by atoms with E-state index in [0.29, 0.717) is 19.0 Å². The lowest BCUT2D eigenvalue weighted by Gasteiger charge is -2.14. The summed E-state index contributed by atoms with van der Waals surface area (Å²) in [5.41, 5.74) is 1.25. The summed E-state index contributed by atoms with van der Waals surface area (Å²) in [5, 5.41) is 9.47. The van der Waals surface area contributed by atoms with Crippen LogP contribution in [0.1, 0.15) is 50.7 Å². The van der Waals surface area contributed by atoms with Gasteiger partial charge in [0.2, 0.25) is 5.91 Å². The van der Waals surface area contributed by atoms with Gasteiger partial charge in [-0.05, 0) is 12.8 Å². The average Bonchev–Trinajstić information content (AvgIpc) is 2.98. The molecular weight excluding hydrogens is 258 g/mol. The molecular formula is C14H23N3OS. The number of rotatable bonds is 6. The number of nitrogens with one attached hydrogen (secondary N) is 2. The van der Waals surface area contributed by atoms with Gasteiger partial charge in [-0.15, -0.1) is 11.3 Å². The number of aromatic nitrogens is 1. The van der Waals surface area contributed by atoms with Gasteiger partial charge >= 0.3 is 0 Å². The van der Waals surface area contributed by atoms with Crippen LogP contribution in [0.5, 0.6) is 0 Å². The van der Waals surface area contributed by atoms with Crippen molar-refractivity contribution in [2.45, 2.75) is 58.0 Å². The van der Waals surface area contributed by atoms with Gasteiger partial charge in [0, 0.05) is 36.3 Å². The molecule has 1 saturated carbocycles. The van der Waals surface area contributed by atoms with Crippen molar-refractivity contribution in [3.8, 4) is 0 Å². The van der Waals surface area contributed by atoms with Crippen molar-refractivity contribution in [2.75, 3.05) is 6.54 Å². The van der Waals surface area contributed by atoms with Crippen LogP contribution >= 0.6 is 11.3 Å². The Hall–Kier alpha value is -0.940.